The quantitative estimate of drug-likeness (QED) is 0.889. The minimum Gasteiger partial charge on any atom is -0.355 e. The molecule has 1 aromatic heterocycles. The third-order valence-corrected chi connectivity index (χ3v) is 4.52. The van der Waals surface area contributed by atoms with Gasteiger partial charge in [-0.05, 0) is 47.2 Å². The van der Waals surface area contributed by atoms with Crippen LogP contribution < -0.4 is 5.32 Å². The van der Waals surface area contributed by atoms with Crippen LogP contribution in [0.25, 0.3) is 0 Å². The fourth-order valence-corrected chi connectivity index (χ4v) is 3.16. The zero-order valence-corrected chi connectivity index (χ0v) is 11.6. The molecule has 1 aliphatic rings. The Labute approximate surface area is 117 Å². The van der Waals surface area contributed by atoms with E-state index in [4.69, 9.17) is 0 Å². The van der Waals surface area contributed by atoms with E-state index in [1.165, 1.54) is 5.56 Å². The maximum absolute atomic E-state index is 12.3. The van der Waals surface area contributed by atoms with Crippen LogP contribution in [0.1, 0.15) is 24.0 Å². The van der Waals surface area contributed by atoms with Crippen LogP contribution in [0.2, 0.25) is 0 Å². The molecule has 0 spiro atoms. The lowest BCUT2D eigenvalue weighted by Crippen LogP contribution is -2.35. The number of carbonyl (C=O) groups excluding carboxylic acids is 1. The summed E-state index contributed by atoms with van der Waals surface area (Å²) in [6.45, 7) is 0.726. The molecule has 1 saturated carbocycles. The van der Waals surface area contributed by atoms with Gasteiger partial charge < -0.3 is 5.32 Å². The number of amides is 1. The highest BCUT2D eigenvalue weighted by Crippen LogP contribution is 2.48. The lowest BCUT2D eigenvalue weighted by Gasteiger charge is -2.15. The van der Waals surface area contributed by atoms with E-state index < -0.39 is 0 Å². The number of benzene rings is 1. The van der Waals surface area contributed by atoms with Gasteiger partial charge in [0.1, 0.15) is 0 Å². The normalized spacial score (nSPS) is 16.0. The lowest BCUT2D eigenvalue weighted by molar-refractivity contribution is -0.123. The highest BCUT2D eigenvalue weighted by Gasteiger charge is 2.50. The monoisotopic (exact) mass is 271 g/mol. The van der Waals surface area contributed by atoms with Crippen molar-refractivity contribution in [3.05, 3.63) is 58.3 Å². The van der Waals surface area contributed by atoms with Crippen molar-refractivity contribution in [2.75, 3.05) is 6.54 Å². The Bertz CT molecular complexity index is 543. The number of nitrogens with one attached hydrogen (secondary N) is 1. The van der Waals surface area contributed by atoms with Crippen LogP contribution in [0.5, 0.6) is 0 Å². The van der Waals surface area contributed by atoms with Gasteiger partial charge in [-0.2, -0.15) is 11.3 Å². The second kappa shape index (κ2) is 5.17. The predicted octanol–water partition coefficient (Wildman–Crippen LogP) is 3.14. The maximum atomic E-state index is 12.3. The molecular weight excluding hydrogens is 254 g/mol. The summed E-state index contributed by atoms with van der Waals surface area (Å²) in [7, 11) is 0. The van der Waals surface area contributed by atoms with Gasteiger partial charge in [-0.1, -0.05) is 30.3 Å². The summed E-state index contributed by atoms with van der Waals surface area (Å²) >= 11 is 1.70. The van der Waals surface area contributed by atoms with Crippen LogP contribution in [0.15, 0.2) is 47.2 Å². The highest BCUT2D eigenvalue weighted by molar-refractivity contribution is 7.07. The number of rotatable bonds is 5. The zero-order valence-electron chi connectivity index (χ0n) is 10.8. The van der Waals surface area contributed by atoms with Crippen molar-refractivity contribution in [3.8, 4) is 0 Å². The molecule has 98 valence electrons. The molecule has 2 nitrogen and oxygen atoms in total. The molecule has 3 rings (SSSR count). The van der Waals surface area contributed by atoms with E-state index >= 15 is 0 Å². The molecule has 1 fully saturated rings. The molecule has 1 N–H and O–H groups in total. The summed E-state index contributed by atoms with van der Waals surface area (Å²) in [4.78, 5) is 12.3. The molecular formula is C16H17NOS. The van der Waals surface area contributed by atoms with Crippen molar-refractivity contribution in [1.29, 1.82) is 0 Å². The number of carbonyl (C=O) groups is 1. The van der Waals surface area contributed by atoms with Crippen molar-refractivity contribution >= 4 is 17.2 Å². The van der Waals surface area contributed by atoms with Gasteiger partial charge in [0.25, 0.3) is 0 Å². The topological polar surface area (TPSA) is 29.1 Å². The van der Waals surface area contributed by atoms with Gasteiger partial charge in [0, 0.05) is 6.54 Å². The molecule has 0 bridgehead atoms. The standard InChI is InChI=1S/C16H17NOS/c18-15(17-10-6-13-7-11-19-12-13)16(8-9-16)14-4-2-1-3-5-14/h1-5,7,11-12H,6,8-10H2,(H,17,18). The number of thiophene rings is 1. The van der Waals surface area contributed by atoms with E-state index in [1.807, 2.05) is 18.2 Å². The maximum Gasteiger partial charge on any atom is 0.230 e. The van der Waals surface area contributed by atoms with Crippen molar-refractivity contribution in [2.45, 2.75) is 24.7 Å². The summed E-state index contributed by atoms with van der Waals surface area (Å²) in [5.74, 6) is 0.189. The second-order valence-electron chi connectivity index (χ2n) is 5.09. The molecule has 0 saturated heterocycles. The van der Waals surface area contributed by atoms with E-state index in [-0.39, 0.29) is 11.3 Å². The van der Waals surface area contributed by atoms with Crippen molar-refractivity contribution in [1.82, 2.24) is 5.32 Å². The Morgan fingerprint density at radius 3 is 2.63 bits per heavy atom. The first-order chi connectivity index (χ1) is 9.31. The molecule has 0 radical (unpaired) electrons. The van der Waals surface area contributed by atoms with Crippen molar-refractivity contribution in [3.63, 3.8) is 0 Å². The van der Waals surface area contributed by atoms with Gasteiger partial charge in [-0.25, -0.2) is 0 Å². The summed E-state index contributed by atoms with van der Waals surface area (Å²) in [5, 5.41) is 7.30. The molecule has 0 aliphatic heterocycles. The van der Waals surface area contributed by atoms with Crippen LogP contribution in [0.3, 0.4) is 0 Å². The van der Waals surface area contributed by atoms with Gasteiger partial charge >= 0.3 is 0 Å². The Morgan fingerprint density at radius 1 is 1.21 bits per heavy atom. The summed E-state index contributed by atoms with van der Waals surface area (Å²) in [5.41, 5.74) is 2.22. The van der Waals surface area contributed by atoms with E-state index in [0.29, 0.717) is 0 Å². The van der Waals surface area contributed by atoms with Gasteiger partial charge in [0.15, 0.2) is 0 Å². The molecule has 3 heteroatoms. The molecule has 19 heavy (non-hydrogen) atoms. The third kappa shape index (κ3) is 2.56. The fourth-order valence-electron chi connectivity index (χ4n) is 2.45. The van der Waals surface area contributed by atoms with Crippen LogP contribution in [0, 0.1) is 0 Å². The molecule has 1 aliphatic carbocycles. The first-order valence-corrected chi connectivity index (χ1v) is 7.60. The zero-order chi connectivity index (χ0) is 13.1. The summed E-state index contributed by atoms with van der Waals surface area (Å²) < 4.78 is 0. The highest BCUT2D eigenvalue weighted by atomic mass is 32.1. The van der Waals surface area contributed by atoms with Gasteiger partial charge in [0.2, 0.25) is 5.91 Å². The third-order valence-electron chi connectivity index (χ3n) is 3.79. The minimum atomic E-state index is -0.240. The molecule has 0 atom stereocenters. The van der Waals surface area contributed by atoms with E-state index in [2.05, 4.69) is 34.3 Å². The molecule has 0 unspecified atom stereocenters. The Hall–Kier alpha value is -1.61. The average molecular weight is 271 g/mol. The van der Waals surface area contributed by atoms with Crippen LogP contribution in [-0.2, 0) is 16.6 Å². The first-order valence-electron chi connectivity index (χ1n) is 6.66. The Morgan fingerprint density at radius 2 is 2.00 bits per heavy atom. The summed E-state index contributed by atoms with van der Waals surface area (Å²) in [6.07, 6.45) is 2.86. The largest absolute Gasteiger partial charge is 0.355 e. The number of hydrogen-bond acceptors (Lipinski definition) is 2. The van der Waals surface area contributed by atoms with Gasteiger partial charge in [0.05, 0.1) is 5.41 Å². The molecule has 1 amide bonds. The van der Waals surface area contributed by atoms with Gasteiger partial charge in [-0.3, -0.25) is 4.79 Å². The summed E-state index contributed by atoms with van der Waals surface area (Å²) in [6, 6.07) is 12.2. The van der Waals surface area contributed by atoms with Gasteiger partial charge in [-0.15, -0.1) is 0 Å². The van der Waals surface area contributed by atoms with Crippen LogP contribution in [-0.4, -0.2) is 12.5 Å². The Balaban J connectivity index is 1.59. The SMILES string of the molecule is O=C(NCCc1ccsc1)C1(c2ccccc2)CC1. The fraction of sp³-hybridized carbons (Fsp3) is 0.312. The van der Waals surface area contributed by atoms with E-state index in [1.54, 1.807) is 11.3 Å². The molecule has 1 heterocycles. The van der Waals surface area contributed by atoms with Crippen molar-refractivity contribution in [2.24, 2.45) is 0 Å². The van der Waals surface area contributed by atoms with E-state index in [0.717, 1.165) is 31.4 Å². The number of hydrogen-bond donors (Lipinski definition) is 1. The first kappa shape index (κ1) is 12.4. The predicted molar refractivity (Wildman–Crippen MR) is 78.4 cm³/mol. The van der Waals surface area contributed by atoms with Crippen molar-refractivity contribution < 1.29 is 4.79 Å². The second-order valence-corrected chi connectivity index (χ2v) is 5.87. The van der Waals surface area contributed by atoms with Crippen LogP contribution >= 0.6 is 11.3 Å². The minimum absolute atomic E-state index is 0.189. The lowest BCUT2D eigenvalue weighted by atomic mass is 9.95. The smallest absolute Gasteiger partial charge is 0.230 e. The molecule has 1 aromatic carbocycles. The Kier molecular flexibility index (Phi) is 3.38. The molecule has 2 aromatic rings. The van der Waals surface area contributed by atoms with Crippen LogP contribution in [0.4, 0.5) is 0 Å². The average Bonchev–Trinajstić information content (AvgIpc) is 3.11. The van der Waals surface area contributed by atoms with E-state index in [9.17, 15) is 4.79 Å².